The number of piperidine rings is 2. The van der Waals surface area contributed by atoms with Crippen LogP contribution in [0.2, 0.25) is 0 Å². The highest BCUT2D eigenvalue weighted by Gasteiger charge is 2.31. The van der Waals surface area contributed by atoms with Gasteiger partial charge in [-0.15, -0.1) is 0 Å². The summed E-state index contributed by atoms with van der Waals surface area (Å²) in [6.45, 7) is 4.53. The lowest BCUT2D eigenvalue weighted by molar-refractivity contribution is -0.138. The van der Waals surface area contributed by atoms with E-state index in [1.807, 2.05) is 18.5 Å². The maximum absolute atomic E-state index is 12.9. The highest BCUT2D eigenvalue weighted by atomic mass is 16.2. The molecular formula is C21H29N5O. The highest BCUT2D eigenvalue weighted by molar-refractivity contribution is 5.79. The van der Waals surface area contributed by atoms with E-state index >= 15 is 0 Å². The number of amides is 1. The number of aromatic nitrogens is 3. The Hall–Kier alpha value is -2.21. The maximum atomic E-state index is 12.9. The first kappa shape index (κ1) is 18.2. The van der Waals surface area contributed by atoms with Gasteiger partial charge in [0.15, 0.2) is 0 Å². The second kappa shape index (κ2) is 8.21. The molecule has 27 heavy (non-hydrogen) atoms. The van der Waals surface area contributed by atoms with Gasteiger partial charge in [0.1, 0.15) is 5.82 Å². The van der Waals surface area contributed by atoms with Crippen LogP contribution in [-0.2, 0) is 11.3 Å². The minimum absolute atomic E-state index is 0.188. The molecule has 2 saturated heterocycles. The molecule has 2 aliphatic rings. The third-order valence-corrected chi connectivity index (χ3v) is 5.97. The van der Waals surface area contributed by atoms with Gasteiger partial charge in [-0.1, -0.05) is 6.07 Å². The summed E-state index contributed by atoms with van der Waals surface area (Å²) in [6.07, 6.45) is 11.8. The van der Waals surface area contributed by atoms with Crippen molar-refractivity contribution in [3.05, 3.63) is 48.3 Å². The van der Waals surface area contributed by atoms with Gasteiger partial charge in [-0.05, 0) is 50.9 Å². The summed E-state index contributed by atoms with van der Waals surface area (Å²) in [6, 6.07) is 4.07. The Labute approximate surface area is 161 Å². The van der Waals surface area contributed by atoms with Crippen molar-refractivity contribution in [2.45, 2.75) is 38.1 Å². The number of carbonyl (C=O) groups is 1. The summed E-state index contributed by atoms with van der Waals surface area (Å²) in [5, 5.41) is 0. The Morgan fingerprint density at radius 3 is 2.78 bits per heavy atom. The van der Waals surface area contributed by atoms with E-state index in [0.29, 0.717) is 11.8 Å². The minimum atomic E-state index is 0.188. The first-order chi connectivity index (χ1) is 13.2. The van der Waals surface area contributed by atoms with Crippen LogP contribution in [0.4, 0.5) is 0 Å². The zero-order valence-corrected chi connectivity index (χ0v) is 16.1. The van der Waals surface area contributed by atoms with Crippen LogP contribution in [0.15, 0.2) is 36.9 Å². The molecule has 0 bridgehead atoms. The van der Waals surface area contributed by atoms with E-state index in [1.165, 1.54) is 5.56 Å². The van der Waals surface area contributed by atoms with Gasteiger partial charge in [0.05, 0.1) is 12.5 Å². The first-order valence-corrected chi connectivity index (χ1v) is 10.1. The third kappa shape index (κ3) is 4.21. The second-order valence-electron chi connectivity index (χ2n) is 7.98. The number of nitrogens with zero attached hydrogens (tertiary/aromatic N) is 5. The molecule has 0 spiro atoms. The van der Waals surface area contributed by atoms with Crippen molar-refractivity contribution in [2.75, 3.05) is 33.2 Å². The van der Waals surface area contributed by atoms with E-state index in [4.69, 9.17) is 0 Å². The SMILES string of the molecule is CN1CCC[C@H](C(=O)N2CCC(c3nccn3Cc3cccnc3)CC2)C1. The largest absolute Gasteiger partial charge is 0.342 e. The predicted molar refractivity (Wildman–Crippen MR) is 104 cm³/mol. The lowest BCUT2D eigenvalue weighted by Gasteiger charge is -2.36. The van der Waals surface area contributed by atoms with Gasteiger partial charge in [-0.3, -0.25) is 9.78 Å². The van der Waals surface area contributed by atoms with Gasteiger partial charge < -0.3 is 14.4 Å². The number of hydrogen-bond acceptors (Lipinski definition) is 4. The van der Waals surface area contributed by atoms with Crippen molar-refractivity contribution < 1.29 is 4.79 Å². The van der Waals surface area contributed by atoms with Gasteiger partial charge in [0, 0.05) is 50.3 Å². The minimum Gasteiger partial charge on any atom is -0.342 e. The zero-order valence-electron chi connectivity index (χ0n) is 16.1. The van der Waals surface area contributed by atoms with Crippen LogP contribution in [0.1, 0.15) is 43.0 Å². The Bertz CT molecular complexity index is 751. The van der Waals surface area contributed by atoms with Crippen LogP contribution in [0.3, 0.4) is 0 Å². The van der Waals surface area contributed by atoms with E-state index in [2.05, 4.69) is 43.6 Å². The number of hydrogen-bond donors (Lipinski definition) is 0. The number of rotatable bonds is 4. The molecule has 2 aliphatic heterocycles. The monoisotopic (exact) mass is 367 g/mol. The average Bonchev–Trinajstić information content (AvgIpc) is 3.16. The van der Waals surface area contributed by atoms with Gasteiger partial charge in [0.25, 0.3) is 0 Å². The fraction of sp³-hybridized carbons (Fsp3) is 0.571. The zero-order chi connectivity index (χ0) is 18.6. The molecular weight excluding hydrogens is 338 g/mol. The predicted octanol–water partition coefficient (Wildman–Crippen LogP) is 2.37. The van der Waals surface area contributed by atoms with Gasteiger partial charge in [-0.25, -0.2) is 4.98 Å². The molecule has 1 atom stereocenters. The van der Waals surface area contributed by atoms with Gasteiger partial charge in [0.2, 0.25) is 5.91 Å². The molecule has 6 heteroatoms. The molecule has 4 rings (SSSR count). The van der Waals surface area contributed by atoms with E-state index in [0.717, 1.165) is 64.2 Å². The Morgan fingerprint density at radius 1 is 1.19 bits per heavy atom. The fourth-order valence-electron chi connectivity index (χ4n) is 4.49. The lowest BCUT2D eigenvalue weighted by atomic mass is 9.92. The smallest absolute Gasteiger partial charge is 0.226 e. The topological polar surface area (TPSA) is 54.3 Å². The molecule has 1 amide bonds. The molecule has 0 radical (unpaired) electrons. The van der Waals surface area contributed by atoms with Gasteiger partial charge >= 0.3 is 0 Å². The first-order valence-electron chi connectivity index (χ1n) is 10.1. The number of carbonyl (C=O) groups excluding carboxylic acids is 1. The molecule has 2 aromatic heterocycles. The van der Waals surface area contributed by atoms with Crippen LogP contribution in [-0.4, -0.2) is 63.5 Å². The molecule has 0 unspecified atom stereocenters. The van der Waals surface area contributed by atoms with E-state index in [1.54, 1.807) is 6.20 Å². The summed E-state index contributed by atoms with van der Waals surface area (Å²) in [4.78, 5) is 26.1. The van der Waals surface area contributed by atoms with Crippen molar-refractivity contribution in [2.24, 2.45) is 5.92 Å². The van der Waals surface area contributed by atoms with Crippen LogP contribution in [0, 0.1) is 5.92 Å². The Morgan fingerprint density at radius 2 is 2.04 bits per heavy atom. The van der Waals surface area contributed by atoms with Crippen molar-refractivity contribution in [3.8, 4) is 0 Å². The summed E-state index contributed by atoms with van der Waals surface area (Å²) < 4.78 is 2.23. The highest BCUT2D eigenvalue weighted by Crippen LogP contribution is 2.29. The van der Waals surface area contributed by atoms with Crippen LogP contribution >= 0.6 is 0 Å². The molecule has 0 N–H and O–H groups in total. The summed E-state index contributed by atoms with van der Waals surface area (Å²) in [7, 11) is 2.12. The molecule has 4 heterocycles. The Kier molecular flexibility index (Phi) is 5.53. The van der Waals surface area contributed by atoms with E-state index in [9.17, 15) is 4.79 Å². The lowest BCUT2D eigenvalue weighted by Crippen LogP contribution is -2.46. The molecule has 144 valence electrons. The van der Waals surface area contributed by atoms with Crippen LogP contribution < -0.4 is 0 Å². The normalized spacial score (nSPS) is 22.1. The third-order valence-electron chi connectivity index (χ3n) is 5.97. The molecule has 0 aliphatic carbocycles. The van der Waals surface area contributed by atoms with Crippen molar-refractivity contribution >= 4 is 5.91 Å². The quantitative estimate of drug-likeness (QED) is 0.833. The summed E-state index contributed by atoms with van der Waals surface area (Å²) >= 11 is 0. The molecule has 2 aromatic rings. The number of imidazole rings is 1. The molecule has 0 saturated carbocycles. The van der Waals surface area contributed by atoms with Crippen molar-refractivity contribution in [3.63, 3.8) is 0 Å². The summed E-state index contributed by atoms with van der Waals surface area (Å²) in [5.74, 6) is 2.12. The van der Waals surface area contributed by atoms with Crippen LogP contribution in [0.25, 0.3) is 0 Å². The van der Waals surface area contributed by atoms with Crippen LogP contribution in [0.5, 0.6) is 0 Å². The average molecular weight is 367 g/mol. The standard InChI is InChI=1S/C21H29N5O/c1-24-10-3-5-19(16-24)21(27)25-11-6-18(7-12-25)20-23-9-13-26(20)15-17-4-2-8-22-14-17/h2,4,8-9,13-14,18-19H,3,5-7,10-12,15-16H2,1H3/t19-/m0/s1. The molecule has 2 fully saturated rings. The van der Waals surface area contributed by atoms with E-state index < -0.39 is 0 Å². The second-order valence-corrected chi connectivity index (χ2v) is 7.98. The van der Waals surface area contributed by atoms with Crippen molar-refractivity contribution in [1.29, 1.82) is 0 Å². The van der Waals surface area contributed by atoms with E-state index in [-0.39, 0.29) is 5.92 Å². The fourth-order valence-corrected chi connectivity index (χ4v) is 4.49. The van der Waals surface area contributed by atoms with Gasteiger partial charge in [-0.2, -0.15) is 0 Å². The molecule has 6 nitrogen and oxygen atoms in total. The number of pyridine rings is 1. The number of likely N-dealkylation sites (tertiary alicyclic amines) is 2. The summed E-state index contributed by atoms with van der Waals surface area (Å²) in [5.41, 5.74) is 1.19. The molecule has 0 aromatic carbocycles. The van der Waals surface area contributed by atoms with Crippen molar-refractivity contribution in [1.82, 2.24) is 24.3 Å². The maximum Gasteiger partial charge on any atom is 0.226 e. The Balaban J connectivity index is 1.36.